The molecule has 29 heavy (non-hydrogen) atoms. The van der Waals surface area contributed by atoms with E-state index in [0.717, 1.165) is 13.2 Å². The molecule has 0 saturated heterocycles. The average Bonchev–Trinajstić information content (AvgIpc) is 2.72. The minimum absolute atomic E-state index is 0.0993. The topological polar surface area (TPSA) is 90.9 Å². The summed E-state index contributed by atoms with van der Waals surface area (Å²) >= 11 is 1.19. The van der Waals surface area contributed by atoms with Crippen molar-refractivity contribution >= 4 is 27.8 Å². The molecular weight excluding hydrogens is 428 g/mol. The van der Waals surface area contributed by atoms with Gasteiger partial charge in [0, 0.05) is 17.2 Å². The van der Waals surface area contributed by atoms with E-state index in [1.54, 1.807) is 0 Å². The van der Waals surface area contributed by atoms with E-state index in [1.807, 2.05) is 0 Å². The van der Waals surface area contributed by atoms with Gasteiger partial charge in [-0.15, -0.1) is 11.8 Å². The molecule has 0 spiro atoms. The predicted molar refractivity (Wildman–Crippen MR) is 103 cm³/mol. The van der Waals surface area contributed by atoms with E-state index in [0.29, 0.717) is 16.4 Å². The van der Waals surface area contributed by atoms with Crippen LogP contribution in [0.25, 0.3) is 0 Å². The van der Waals surface area contributed by atoms with Gasteiger partial charge in [-0.25, -0.2) is 22.3 Å². The van der Waals surface area contributed by atoms with Crippen molar-refractivity contribution in [3.05, 3.63) is 48.3 Å². The van der Waals surface area contributed by atoms with Gasteiger partial charge in [-0.1, -0.05) is 0 Å². The van der Waals surface area contributed by atoms with Gasteiger partial charge in [-0.2, -0.15) is 4.39 Å². The summed E-state index contributed by atoms with van der Waals surface area (Å²) in [5.74, 6) is -1.71. The summed E-state index contributed by atoms with van der Waals surface area (Å²) in [4.78, 5) is 11.6. The molecule has 0 radical (unpaired) electrons. The van der Waals surface area contributed by atoms with Crippen LogP contribution in [0.15, 0.2) is 52.3 Å². The quantitative estimate of drug-likeness (QED) is 0.340. The van der Waals surface area contributed by atoms with Crippen molar-refractivity contribution in [2.45, 2.75) is 16.1 Å². The summed E-state index contributed by atoms with van der Waals surface area (Å²) in [6, 6.07) is 9.67. The van der Waals surface area contributed by atoms with E-state index in [-0.39, 0.29) is 11.4 Å². The first-order valence-corrected chi connectivity index (χ1v) is 10.7. The lowest BCUT2D eigenvalue weighted by Gasteiger charge is -2.11. The van der Waals surface area contributed by atoms with Crippen LogP contribution in [0.5, 0.6) is 11.5 Å². The highest BCUT2D eigenvalue weighted by Crippen LogP contribution is 2.26. The Morgan fingerprint density at radius 3 is 2.45 bits per heavy atom. The number of methoxy groups -OCH3 is 2. The minimum atomic E-state index is -3.68. The fraction of sp³-hybridized carbons (Fsp3) is 0.278. The first-order chi connectivity index (χ1) is 13.8. The Hall–Kier alpha value is -2.37. The number of halogens is 2. The highest BCUT2D eigenvalue weighted by atomic mass is 32.2. The van der Waals surface area contributed by atoms with Crippen molar-refractivity contribution in [2.75, 3.05) is 26.5 Å². The lowest BCUT2D eigenvalue weighted by molar-refractivity contribution is -0.157. The van der Waals surface area contributed by atoms with Gasteiger partial charge >= 0.3 is 12.3 Å². The van der Waals surface area contributed by atoms with E-state index < -0.39 is 33.9 Å². The summed E-state index contributed by atoms with van der Waals surface area (Å²) < 4.78 is 67.9. The van der Waals surface area contributed by atoms with Gasteiger partial charge in [0.1, 0.15) is 5.75 Å². The minimum Gasteiger partial charge on any atom is -0.497 e. The number of carbonyl (C=O) groups excluding carboxylic acids is 1. The van der Waals surface area contributed by atoms with Crippen molar-refractivity contribution in [1.29, 1.82) is 0 Å². The van der Waals surface area contributed by atoms with Crippen LogP contribution in [0.3, 0.4) is 0 Å². The normalized spacial score (nSPS) is 12.3. The van der Waals surface area contributed by atoms with Gasteiger partial charge in [0.25, 0.3) is 0 Å². The lowest BCUT2D eigenvalue weighted by atomic mass is 10.3. The number of benzene rings is 2. The van der Waals surface area contributed by atoms with Crippen molar-refractivity contribution in [3.8, 4) is 11.5 Å². The van der Waals surface area contributed by atoms with Crippen LogP contribution in [-0.2, 0) is 19.6 Å². The third kappa shape index (κ3) is 6.58. The number of ether oxygens (including phenoxy) is 3. The Balaban J connectivity index is 1.87. The molecule has 2 aromatic rings. The zero-order valence-electron chi connectivity index (χ0n) is 15.6. The molecule has 0 fully saturated rings. The maximum atomic E-state index is 14.0. The van der Waals surface area contributed by atoms with Crippen molar-refractivity contribution in [1.82, 2.24) is 4.72 Å². The molecule has 1 N–H and O–H groups in total. The van der Waals surface area contributed by atoms with Gasteiger partial charge in [0.15, 0.2) is 11.6 Å². The van der Waals surface area contributed by atoms with Crippen LogP contribution >= 0.6 is 11.8 Å². The van der Waals surface area contributed by atoms with Crippen molar-refractivity contribution in [3.63, 3.8) is 0 Å². The molecule has 11 heteroatoms. The molecule has 7 nitrogen and oxygen atoms in total. The average molecular weight is 447 g/mol. The Bertz CT molecular complexity index is 938. The molecule has 1 atom stereocenters. The van der Waals surface area contributed by atoms with Gasteiger partial charge in [0.2, 0.25) is 10.0 Å². The van der Waals surface area contributed by atoms with Crippen molar-refractivity contribution < 1.29 is 36.2 Å². The van der Waals surface area contributed by atoms with Crippen LogP contribution in [0, 0.1) is 5.82 Å². The first-order valence-electron chi connectivity index (χ1n) is 8.21. The Morgan fingerprint density at radius 2 is 1.86 bits per heavy atom. The Labute approximate surface area is 171 Å². The predicted octanol–water partition coefficient (Wildman–Crippen LogP) is 2.75. The first kappa shape index (κ1) is 22.9. The number of thioether (sulfide) groups is 1. The molecule has 0 heterocycles. The third-order valence-electron chi connectivity index (χ3n) is 3.55. The number of hydrogen-bond acceptors (Lipinski definition) is 7. The largest absolute Gasteiger partial charge is 0.497 e. The Kier molecular flexibility index (Phi) is 8.23. The summed E-state index contributed by atoms with van der Waals surface area (Å²) in [6.45, 7) is 0.105. The maximum Gasteiger partial charge on any atom is 0.380 e. The number of rotatable bonds is 10. The van der Waals surface area contributed by atoms with E-state index in [2.05, 4.69) is 14.2 Å². The van der Waals surface area contributed by atoms with Gasteiger partial charge < -0.3 is 14.2 Å². The summed E-state index contributed by atoms with van der Waals surface area (Å²) in [5.41, 5.74) is 0. The zero-order valence-corrected chi connectivity index (χ0v) is 17.2. The van der Waals surface area contributed by atoms with E-state index in [4.69, 9.17) is 4.74 Å². The SMILES string of the molecule is COC(=O)C(F)Oc1ccc(SCCNS(=O)(=O)c2ccc(OC)cc2)cc1F. The number of nitrogens with one attached hydrogen (secondary N) is 1. The van der Waals surface area contributed by atoms with Crippen LogP contribution < -0.4 is 14.2 Å². The number of esters is 1. The van der Waals surface area contributed by atoms with Crippen LogP contribution in [0.2, 0.25) is 0 Å². The zero-order chi connectivity index (χ0) is 21.4. The monoisotopic (exact) mass is 447 g/mol. The molecule has 2 aromatic carbocycles. The number of carbonyl (C=O) groups is 1. The molecule has 0 aliphatic carbocycles. The second kappa shape index (κ2) is 10.4. The number of hydrogen-bond donors (Lipinski definition) is 1. The van der Waals surface area contributed by atoms with Gasteiger partial charge in [-0.05, 0) is 42.5 Å². The second-order valence-corrected chi connectivity index (χ2v) is 8.41. The standard InChI is InChI=1S/C18H19F2NO6S2/c1-25-12-3-6-14(7-4-12)29(23,24)21-9-10-28-13-5-8-16(15(19)11-13)27-17(20)18(22)26-2/h3-8,11,17,21H,9-10H2,1-2H3. The molecule has 0 saturated carbocycles. The lowest BCUT2D eigenvalue weighted by Crippen LogP contribution is -2.26. The summed E-state index contributed by atoms with van der Waals surface area (Å²) in [5, 5.41) is 0. The molecule has 0 bridgehead atoms. The number of sulfonamides is 1. The highest BCUT2D eigenvalue weighted by Gasteiger charge is 2.21. The van der Waals surface area contributed by atoms with Gasteiger partial charge in [0.05, 0.1) is 19.1 Å². The van der Waals surface area contributed by atoms with Crippen LogP contribution in [0.4, 0.5) is 8.78 Å². The van der Waals surface area contributed by atoms with Crippen LogP contribution in [-0.4, -0.2) is 47.3 Å². The fourth-order valence-corrected chi connectivity index (χ4v) is 4.05. The summed E-state index contributed by atoms with van der Waals surface area (Å²) in [7, 11) is -1.21. The molecule has 0 aliphatic heterocycles. The third-order valence-corrected chi connectivity index (χ3v) is 6.03. The molecule has 0 amide bonds. The molecule has 1 unspecified atom stereocenters. The molecule has 2 rings (SSSR count). The molecule has 158 valence electrons. The number of alkyl halides is 1. The maximum absolute atomic E-state index is 14.0. The highest BCUT2D eigenvalue weighted by molar-refractivity contribution is 7.99. The van der Waals surface area contributed by atoms with Crippen molar-refractivity contribution in [2.24, 2.45) is 0 Å². The van der Waals surface area contributed by atoms with E-state index in [1.165, 1.54) is 55.3 Å². The molecule has 0 aliphatic rings. The van der Waals surface area contributed by atoms with E-state index in [9.17, 15) is 22.0 Å². The Morgan fingerprint density at radius 1 is 1.17 bits per heavy atom. The second-order valence-electron chi connectivity index (χ2n) is 5.47. The summed E-state index contributed by atoms with van der Waals surface area (Å²) in [6.07, 6.45) is -2.43. The van der Waals surface area contributed by atoms with Gasteiger partial charge in [-0.3, -0.25) is 0 Å². The smallest absolute Gasteiger partial charge is 0.380 e. The fourth-order valence-electron chi connectivity index (χ4n) is 2.10. The molecule has 0 aromatic heterocycles. The molecular formula is C18H19F2NO6S2. The van der Waals surface area contributed by atoms with Crippen LogP contribution in [0.1, 0.15) is 0 Å². The van der Waals surface area contributed by atoms with E-state index >= 15 is 0 Å².